The first kappa shape index (κ1) is 15.5. The lowest BCUT2D eigenvalue weighted by atomic mass is 10.3. The third-order valence-electron chi connectivity index (χ3n) is 4.09. The van der Waals surface area contributed by atoms with Crippen molar-refractivity contribution < 1.29 is 0 Å². The van der Waals surface area contributed by atoms with Crippen LogP contribution in [0.15, 0.2) is 30.6 Å². The Morgan fingerprint density at radius 3 is 2.65 bits per heavy atom. The Balaban J connectivity index is 1.62. The fraction of sp³-hybridized carbons (Fsp3) is 0.500. The van der Waals surface area contributed by atoms with Gasteiger partial charge in [-0.2, -0.15) is 10.1 Å². The molecule has 1 unspecified atom stereocenters. The number of rotatable bonds is 5. The molecule has 7 heteroatoms. The van der Waals surface area contributed by atoms with Crippen LogP contribution in [0.2, 0.25) is 0 Å². The topological polar surface area (TPSA) is 70.1 Å². The van der Waals surface area contributed by atoms with Gasteiger partial charge in [0.05, 0.1) is 6.20 Å². The molecule has 122 valence electrons. The van der Waals surface area contributed by atoms with Crippen LogP contribution in [0.1, 0.15) is 20.3 Å². The fourth-order valence-electron chi connectivity index (χ4n) is 2.53. The maximum atomic E-state index is 4.59. The maximum Gasteiger partial charge on any atom is 0.247 e. The highest BCUT2D eigenvalue weighted by Gasteiger charge is 2.20. The van der Waals surface area contributed by atoms with E-state index in [2.05, 4.69) is 49.1 Å². The molecule has 2 aromatic heterocycles. The molecule has 0 radical (unpaired) electrons. The van der Waals surface area contributed by atoms with E-state index in [1.54, 1.807) is 6.20 Å². The van der Waals surface area contributed by atoms with Gasteiger partial charge in [0, 0.05) is 38.4 Å². The van der Waals surface area contributed by atoms with E-state index in [-0.39, 0.29) is 0 Å². The van der Waals surface area contributed by atoms with E-state index in [0.29, 0.717) is 12.0 Å². The van der Waals surface area contributed by atoms with Crippen LogP contribution < -0.4 is 15.1 Å². The number of nitrogens with one attached hydrogen (secondary N) is 1. The van der Waals surface area contributed by atoms with Gasteiger partial charge in [0.25, 0.3) is 0 Å². The summed E-state index contributed by atoms with van der Waals surface area (Å²) in [6.07, 6.45) is 4.56. The highest BCUT2D eigenvalue weighted by atomic mass is 15.4. The Morgan fingerprint density at radius 2 is 1.96 bits per heavy atom. The van der Waals surface area contributed by atoms with Crippen molar-refractivity contribution >= 4 is 17.6 Å². The van der Waals surface area contributed by atoms with Crippen molar-refractivity contribution in [1.82, 2.24) is 20.2 Å². The molecule has 0 aliphatic carbocycles. The third-order valence-corrected chi connectivity index (χ3v) is 4.09. The van der Waals surface area contributed by atoms with Crippen molar-refractivity contribution in [2.24, 2.45) is 0 Å². The molecule has 1 saturated heterocycles. The van der Waals surface area contributed by atoms with Gasteiger partial charge in [0.1, 0.15) is 5.82 Å². The number of aromatic nitrogens is 4. The molecule has 1 atom stereocenters. The molecular weight excluding hydrogens is 290 g/mol. The number of hydrogen-bond acceptors (Lipinski definition) is 7. The lowest BCUT2D eigenvalue weighted by molar-refractivity contribution is 0.629. The molecule has 7 nitrogen and oxygen atoms in total. The van der Waals surface area contributed by atoms with Gasteiger partial charge in [-0.1, -0.05) is 13.0 Å². The lowest BCUT2D eigenvalue weighted by Crippen LogP contribution is -2.47. The molecule has 1 aliphatic rings. The van der Waals surface area contributed by atoms with Crippen LogP contribution in [-0.2, 0) is 0 Å². The van der Waals surface area contributed by atoms with Crippen LogP contribution in [0, 0.1) is 0 Å². The summed E-state index contributed by atoms with van der Waals surface area (Å²) in [5, 5.41) is 11.6. The smallest absolute Gasteiger partial charge is 0.247 e. The normalized spacial score (nSPS) is 16.3. The molecule has 0 amide bonds. The summed E-state index contributed by atoms with van der Waals surface area (Å²) in [7, 11) is 0. The average molecular weight is 313 g/mol. The highest BCUT2D eigenvalue weighted by molar-refractivity contribution is 5.44. The summed E-state index contributed by atoms with van der Waals surface area (Å²) in [6.45, 7) is 7.82. The van der Waals surface area contributed by atoms with Gasteiger partial charge in [-0.25, -0.2) is 4.98 Å². The predicted molar refractivity (Wildman–Crippen MR) is 91.9 cm³/mol. The minimum absolute atomic E-state index is 0.376. The molecular formula is C16H23N7. The highest BCUT2D eigenvalue weighted by Crippen LogP contribution is 2.16. The first-order valence-corrected chi connectivity index (χ1v) is 8.13. The minimum Gasteiger partial charge on any atom is -0.366 e. The molecule has 1 fully saturated rings. The van der Waals surface area contributed by atoms with Crippen molar-refractivity contribution in [3.8, 4) is 0 Å². The summed E-state index contributed by atoms with van der Waals surface area (Å²) in [5.41, 5.74) is 0. The van der Waals surface area contributed by atoms with Crippen LogP contribution in [0.3, 0.4) is 0 Å². The van der Waals surface area contributed by atoms with Gasteiger partial charge in [-0.3, -0.25) is 0 Å². The van der Waals surface area contributed by atoms with Gasteiger partial charge >= 0.3 is 0 Å². The zero-order valence-corrected chi connectivity index (χ0v) is 13.7. The van der Waals surface area contributed by atoms with Crippen LogP contribution in [0.25, 0.3) is 0 Å². The second kappa shape index (κ2) is 7.21. The zero-order valence-electron chi connectivity index (χ0n) is 13.7. The van der Waals surface area contributed by atoms with Crippen molar-refractivity contribution in [2.75, 3.05) is 41.3 Å². The van der Waals surface area contributed by atoms with Crippen molar-refractivity contribution in [1.29, 1.82) is 0 Å². The van der Waals surface area contributed by atoms with E-state index < -0.39 is 0 Å². The van der Waals surface area contributed by atoms with Gasteiger partial charge in [-0.05, 0) is 25.5 Å². The molecule has 0 bridgehead atoms. The molecule has 2 aromatic rings. The first-order chi connectivity index (χ1) is 11.3. The molecule has 1 N–H and O–H groups in total. The Hall–Kier alpha value is -2.44. The Bertz CT molecular complexity index is 611. The van der Waals surface area contributed by atoms with E-state index in [0.717, 1.165) is 44.2 Å². The summed E-state index contributed by atoms with van der Waals surface area (Å²) < 4.78 is 0. The predicted octanol–water partition coefficient (Wildman–Crippen LogP) is 1.80. The maximum absolute atomic E-state index is 4.59. The summed E-state index contributed by atoms with van der Waals surface area (Å²) in [4.78, 5) is 13.5. The fourth-order valence-corrected chi connectivity index (χ4v) is 2.53. The number of pyridine rings is 1. The van der Waals surface area contributed by atoms with Crippen LogP contribution in [-0.4, -0.2) is 52.4 Å². The van der Waals surface area contributed by atoms with Gasteiger partial charge in [0.15, 0.2) is 5.82 Å². The molecule has 0 aromatic carbocycles. The SMILES string of the molecule is CCC(C)Nc1cnnc(N2CCN(c3ccccn3)CC2)n1. The van der Waals surface area contributed by atoms with Crippen LogP contribution in [0.4, 0.5) is 17.6 Å². The summed E-state index contributed by atoms with van der Waals surface area (Å²) in [5.74, 6) is 2.51. The van der Waals surface area contributed by atoms with Crippen LogP contribution >= 0.6 is 0 Å². The van der Waals surface area contributed by atoms with Gasteiger partial charge < -0.3 is 15.1 Å². The Kier molecular flexibility index (Phi) is 4.85. The summed E-state index contributed by atoms with van der Waals surface area (Å²) >= 11 is 0. The number of anilines is 3. The number of piperazine rings is 1. The Labute approximate surface area is 136 Å². The van der Waals surface area contributed by atoms with E-state index in [4.69, 9.17) is 0 Å². The average Bonchev–Trinajstić information content (AvgIpc) is 2.63. The molecule has 1 aliphatic heterocycles. The van der Waals surface area contributed by atoms with Crippen molar-refractivity contribution in [3.05, 3.63) is 30.6 Å². The minimum atomic E-state index is 0.376. The monoisotopic (exact) mass is 313 g/mol. The van der Waals surface area contributed by atoms with E-state index in [9.17, 15) is 0 Å². The largest absolute Gasteiger partial charge is 0.366 e. The second-order valence-corrected chi connectivity index (χ2v) is 5.76. The molecule has 23 heavy (non-hydrogen) atoms. The van der Waals surface area contributed by atoms with Crippen LogP contribution in [0.5, 0.6) is 0 Å². The van der Waals surface area contributed by atoms with Gasteiger partial charge in [-0.15, -0.1) is 5.10 Å². The van der Waals surface area contributed by atoms with E-state index in [1.807, 2.05) is 24.4 Å². The summed E-state index contributed by atoms with van der Waals surface area (Å²) in [6, 6.07) is 6.38. The standard InChI is InChI=1S/C16H23N7/c1-3-13(2)19-14-12-18-21-16(20-14)23-10-8-22(9-11-23)15-6-4-5-7-17-15/h4-7,12-13H,3,8-11H2,1-2H3,(H,19,20,21). The second-order valence-electron chi connectivity index (χ2n) is 5.76. The number of hydrogen-bond donors (Lipinski definition) is 1. The van der Waals surface area contributed by atoms with Gasteiger partial charge in [0.2, 0.25) is 5.95 Å². The van der Waals surface area contributed by atoms with Crippen molar-refractivity contribution in [3.63, 3.8) is 0 Å². The molecule has 0 spiro atoms. The molecule has 3 heterocycles. The van der Waals surface area contributed by atoms with E-state index >= 15 is 0 Å². The zero-order chi connectivity index (χ0) is 16.1. The Morgan fingerprint density at radius 1 is 1.17 bits per heavy atom. The first-order valence-electron chi connectivity index (χ1n) is 8.13. The van der Waals surface area contributed by atoms with Crippen molar-refractivity contribution in [2.45, 2.75) is 26.3 Å². The lowest BCUT2D eigenvalue weighted by Gasteiger charge is -2.35. The number of nitrogens with zero attached hydrogens (tertiary/aromatic N) is 6. The third kappa shape index (κ3) is 3.85. The molecule has 0 saturated carbocycles. The van der Waals surface area contributed by atoms with E-state index in [1.165, 1.54) is 0 Å². The quantitative estimate of drug-likeness (QED) is 0.902. The molecule has 3 rings (SSSR count).